The smallest absolute Gasteiger partial charge is 0.325 e. The van der Waals surface area contributed by atoms with Crippen molar-refractivity contribution in [2.75, 3.05) is 7.11 Å². The highest BCUT2D eigenvalue weighted by molar-refractivity contribution is 7.90. The quantitative estimate of drug-likeness (QED) is 0.656. The molecule has 1 heterocycles. The van der Waals surface area contributed by atoms with E-state index >= 15 is 0 Å². The van der Waals surface area contributed by atoms with Crippen LogP contribution in [0.25, 0.3) is 10.2 Å². The molecule has 0 amide bonds. The Balaban J connectivity index is 2.24. The molecule has 0 spiro atoms. The lowest BCUT2D eigenvalue weighted by Crippen LogP contribution is -2.22. The maximum Gasteiger partial charge on any atom is 0.325 e. The van der Waals surface area contributed by atoms with Crippen LogP contribution in [-0.4, -0.2) is 26.1 Å². The third kappa shape index (κ3) is 3.64. The molecule has 1 aromatic heterocycles. The van der Waals surface area contributed by atoms with Gasteiger partial charge in [0.05, 0.1) is 22.2 Å². The Bertz CT molecular complexity index is 1100. The van der Waals surface area contributed by atoms with Gasteiger partial charge in [-0.1, -0.05) is 35.6 Å². The van der Waals surface area contributed by atoms with Crippen molar-refractivity contribution >= 4 is 37.5 Å². The summed E-state index contributed by atoms with van der Waals surface area (Å²) in [4.78, 5) is 12.1. The molecule has 0 saturated carbocycles. The average molecular weight is 376 g/mol. The molecular weight excluding hydrogens is 360 g/mol. The zero-order valence-electron chi connectivity index (χ0n) is 13.7. The molecule has 3 rings (SSSR count). The summed E-state index contributed by atoms with van der Waals surface area (Å²) in [5.41, 5.74) is 1.78. The molecule has 0 N–H and O–H groups in total. The van der Waals surface area contributed by atoms with E-state index in [1.165, 1.54) is 30.6 Å². The Labute approximate surface area is 149 Å². The van der Waals surface area contributed by atoms with Gasteiger partial charge in [0.25, 0.3) is 10.0 Å². The van der Waals surface area contributed by atoms with Crippen LogP contribution in [0.15, 0.2) is 57.8 Å². The summed E-state index contributed by atoms with van der Waals surface area (Å²) in [6.07, 6.45) is 0. The fraction of sp³-hybridized carbons (Fsp3) is 0.176. The van der Waals surface area contributed by atoms with Crippen molar-refractivity contribution in [1.29, 1.82) is 0 Å². The van der Waals surface area contributed by atoms with Crippen LogP contribution in [0.2, 0.25) is 0 Å². The molecule has 0 unspecified atom stereocenters. The van der Waals surface area contributed by atoms with Gasteiger partial charge in [0.15, 0.2) is 0 Å². The van der Waals surface area contributed by atoms with E-state index in [-0.39, 0.29) is 16.2 Å². The molecule has 0 radical (unpaired) electrons. The van der Waals surface area contributed by atoms with Crippen molar-refractivity contribution in [2.24, 2.45) is 4.40 Å². The van der Waals surface area contributed by atoms with E-state index in [1.54, 1.807) is 22.8 Å². The van der Waals surface area contributed by atoms with Gasteiger partial charge in [-0.3, -0.25) is 4.79 Å². The second-order valence-electron chi connectivity index (χ2n) is 5.40. The molecule has 3 aromatic rings. The van der Waals surface area contributed by atoms with Crippen LogP contribution in [0.1, 0.15) is 5.56 Å². The van der Waals surface area contributed by atoms with Crippen LogP contribution in [0.3, 0.4) is 0 Å². The van der Waals surface area contributed by atoms with E-state index in [0.717, 1.165) is 15.8 Å². The molecule has 0 aliphatic carbocycles. The third-order valence-corrected chi connectivity index (χ3v) is 6.03. The molecule has 0 fully saturated rings. The van der Waals surface area contributed by atoms with Gasteiger partial charge >= 0.3 is 5.97 Å². The number of carbonyl (C=O) groups excluding carboxylic acids is 1. The molecule has 0 saturated heterocycles. The predicted molar refractivity (Wildman–Crippen MR) is 95.8 cm³/mol. The number of nitrogens with zero attached hydrogens (tertiary/aromatic N) is 2. The predicted octanol–water partition coefficient (Wildman–Crippen LogP) is 2.47. The van der Waals surface area contributed by atoms with Gasteiger partial charge in [-0.25, -0.2) is 0 Å². The Morgan fingerprint density at radius 3 is 2.60 bits per heavy atom. The zero-order chi connectivity index (χ0) is 18.0. The Morgan fingerprint density at radius 1 is 1.20 bits per heavy atom. The van der Waals surface area contributed by atoms with E-state index in [2.05, 4.69) is 4.40 Å². The first-order valence-electron chi connectivity index (χ1n) is 7.43. The minimum absolute atomic E-state index is 0.105. The Hall–Kier alpha value is -2.45. The molecule has 6 nitrogen and oxygen atoms in total. The van der Waals surface area contributed by atoms with E-state index in [4.69, 9.17) is 4.74 Å². The summed E-state index contributed by atoms with van der Waals surface area (Å²) in [6, 6.07) is 13.7. The van der Waals surface area contributed by atoms with Crippen molar-refractivity contribution < 1.29 is 17.9 Å². The summed E-state index contributed by atoms with van der Waals surface area (Å²) in [6.45, 7) is 1.84. The van der Waals surface area contributed by atoms with E-state index < -0.39 is 16.0 Å². The lowest BCUT2D eigenvalue weighted by atomic mass is 10.2. The number of benzene rings is 2. The van der Waals surface area contributed by atoms with E-state index in [0.29, 0.717) is 0 Å². The Morgan fingerprint density at radius 2 is 1.92 bits per heavy atom. The minimum atomic E-state index is -3.87. The molecule has 2 aromatic carbocycles. The molecule has 0 bridgehead atoms. The number of rotatable bonds is 4. The summed E-state index contributed by atoms with van der Waals surface area (Å²) in [5.74, 6) is -0.473. The number of ether oxygens (including phenoxy) is 1. The van der Waals surface area contributed by atoms with E-state index in [1.807, 2.05) is 25.1 Å². The van der Waals surface area contributed by atoms with Crippen molar-refractivity contribution in [3.05, 3.63) is 58.9 Å². The fourth-order valence-corrected chi connectivity index (χ4v) is 4.70. The first-order valence-corrected chi connectivity index (χ1v) is 9.69. The second-order valence-corrected chi connectivity index (χ2v) is 8.01. The number of carbonyl (C=O) groups is 1. The molecule has 25 heavy (non-hydrogen) atoms. The number of sulfonamides is 1. The van der Waals surface area contributed by atoms with Crippen LogP contribution in [-0.2, 0) is 26.1 Å². The molecule has 0 aliphatic heterocycles. The van der Waals surface area contributed by atoms with Crippen molar-refractivity contribution in [3.63, 3.8) is 0 Å². The molecule has 0 aliphatic rings. The van der Waals surface area contributed by atoms with Gasteiger partial charge < -0.3 is 9.30 Å². The largest absolute Gasteiger partial charge is 0.468 e. The maximum atomic E-state index is 12.6. The van der Waals surface area contributed by atoms with Crippen LogP contribution in [0.5, 0.6) is 0 Å². The third-order valence-electron chi connectivity index (χ3n) is 3.59. The topological polar surface area (TPSA) is 77.7 Å². The first-order chi connectivity index (χ1) is 11.9. The summed E-state index contributed by atoms with van der Waals surface area (Å²) in [5, 5.41) is 0. The van der Waals surface area contributed by atoms with Crippen LogP contribution < -0.4 is 4.80 Å². The number of thiazole rings is 1. The molecule has 130 valence electrons. The average Bonchev–Trinajstić information content (AvgIpc) is 2.91. The molecule has 0 atom stereocenters. The number of hydrogen-bond donors (Lipinski definition) is 0. The highest BCUT2D eigenvalue weighted by Gasteiger charge is 2.16. The first kappa shape index (κ1) is 17.4. The van der Waals surface area contributed by atoms with Gasteiger partial charge in [-0.2, -0.15) is 8.42 Å². The van der Waals surface area contributed by atoms with Crippen LogP contribution in [0, 0.1) is 6.92 Å². The number of aryl methyl sites for hydroxylation is 1. The summed E-state index contributed by atoms with van der Waals surface area (Å²) < 4.78 is 36.2. The lowest BCUT2D eigenvalue weighted by Gasteiger charge is -2.04. The van der Waals surface area contributed by atoms with Gasteiger partial charge in [-0.05, 0) is 36.8 Å². The van der Waals surface area contributed by atoms with Crippen LogP contribution >= 0.6 is 11.3 Å². The normalized spacial score (nSPS) is 12.5. The van der Waals surface area contributed by atoms with Crippen molar-refractivity contribution in [1.82, 2.24) is 4.57 Å². The van der Waals surface area contributed by atoms with Gasteiger partial charge in [0, 0.05) is 0 Å². The summed E-state index contributed by atoms with van der Waals surface area (Å²) in [7, 11) is -2.58. The monoisotopic (exact) mass is 376 g/mol. The highest BCUT2D eigenvalue weighted by Crippen LogP contribution is 2.20. The Kier molecular flexibility index (Phi) is 4.73. The standard InChI is InChI=1S/C17H16N2O4S2/c1-12-8-9-14-15(10-12)24-17(19(14)11-16(20)23-2)18-25(21,22)13-6-4-3-5-7-13/h3-10H,11H2,1-2H3/b18-17-. The van der Waals surface area contributed by atoms with Gasteiger partial charge in [0.1, 0.15) is 6.54 Å². The lowest BCUT2D eigenvalue weighted by molar-refractivity contribution is -0.141. The van der Waals surface area contributed by atoms with Crippen molar-refractivity contribution in [3.8, 4) is 0 Å². The minimum Gasteiger partial charge on any atom is -0.468 e. The molecule has 8 heteroatoms. The SMILES string of the molecule is COC(=O)Cn1/c(=N/S(=O)(=O)c2ccccc2)sc2cc(C)ccc21. The fourth-order valence-electron chi connectivity index (χ4n) is 2.34. The number of fused-ring (bicyclic) bond motifs is 1. The van der Waals surface area contributed by atoms with Gasteiger partial charge in [-0.15, -0.1) is 4.40 Å². The number of esters is 1. The highest BCUT2D eigenvalue weighted by atomic mass is 32.2. The molecular formula is C17H16N2O4S2. The number of hydrogen-bond acceptors (Lipinski definition) is 5. The van der Waals surface area contributed by atoms with E-state index in [9.17, 15) is 13.2 Å². The second kappa shape index (κ2) is 6.81. The maximum absolute atomic E-state index is 12.6. The van der Waals surface area contributed by atoms with Crippen LogP contribution in [0.4, 0.5) is 0 Å². The summed E-state index contributed by atoms with van der Waals surface area (Å²) >= 11 is 1.22. The zero-order valence-corrected chi connectivity index (χ0v) is 15.3. The number of methoxy groups -OCH3 is 1. The van der Waals surface area contributed by atoms with Crippen molar-refractivity contribution in [2.45, 2.75) is 18.4 Å². The number of aromatic nitrogens is 1. The van der Waals surface area contributed by atoms with Gasteiger partial charge in [0.2, 0.25) is 4.80 Å².